The summed E-state index contributed by atoms with van der Waals surface area (Å²) in [6.45, 7) is 0. The molecule has 25 heavy (non-hydrogen) atoms. The van der Waals surface area contributed by atoms with E-state index in [4.69, 9.17) is 0 Å². The number of nitrogens with one attached hydrogen (secondary N) is 3. The van der Waals surface area contributed by atoms with E-state index in [1.807, 2.05) is 18.2 Å². The van der Waals surface area contributed by atoms with E-state index in [-0.39, 0.29) is 11.8 Å². The molecule has 2 amide bonds. The van der Waals surface area contributed by atoms with Crippen LogP contribution in [0.25, 0.3) is 5.70 Å². The van der Waals surface area contributed by atoms with Crippen molar-refractivity contribution in [3.8, 4) is 0 Å². The van der Waals surface area contributed by atoms with Crippen LogP contribution in [0.2, 0.25) is 0 Å². The smallest absolute Gasteiger partial charge is 0.276 e. The fraction of sp³-hybridized carbons (Fsp3) is 0.118. The molecule has 0 aliphatic carbocycles. The van der Waals surface area contributed by atoms with Crippen LogP contribution in [-0.2, 0) is 0 Å². The van der Waals surface area contributed by atoms with Crippen molar-refractivity contribution < 1.29 is 9.59 Å². The lowest BCUT2D eigenvalue weighted by molar-refractivity contribution is 0.0942. The third-order valence-electron chi connectivity index (χ3n) is 3.63. The largest absolute Gasteiger partial charge is 0.355 e. The number of amides is 2. The Balaban J connectivity index is 1.79. The molecule has 3 rings (SSSR count). The third kappa shape index (κ3) is 3.69. The highest BCUT2D eigenvalue weighted by atomic mass is 32.1. The number of thiazole rings is 1. The van der Waals surface area contributed by atoms with Gasteiger partial charge >= 0.3 is 0 Å². The van der Waals surface area contributed by atoms with Crippen molar-refractivity contribution in [3.05, 3.63) is 69.9 Å². The molecule has 128 valence electrons. The molecule has 0 unspecified atom stereocenters. The minimum atomic E-state index is -0.264. The number of hydrogen-bond donors (Lipinski definition) is 3. The molecule has 2 aromatic rings. The van der Waals surface area contributed by atoms with E-state index >= 15 is 0 Å². The molecule has 1 aliphatic heterocycles. The van der Waals surface area contributed by atoms with E-state index in [2.05, 4.69) is 21.0 Å². The van der Waals surface area contributed by atoms with Gasteiger partial charge in [0.2, 0.25) is 0 Å². The average molecular weight is 355 g/mol. The van der Waals surface area contributed by atoms with E-state index in [0.29, 0.717) is 17.1 Å². The molecule has 0 bridgehead atoms. The van der Waals surface area contributed by atoms with Gasteiger partial charge < -0.3 is 10.6 Å². The molecular formula is C17H17N5O2S. The third-order valence-corrected chi connectivity index (χ3v) is 4.21. The molecule has 8 heteroatoms. The summed E-state index contributed by atoms with van der Waals surface area (Å²) in [5.74, 6) is 0.196. The van der Waals surface area contributed by atoms with Gasteiger partial charge in [-0.3, -0.25) is 20.0 Å². The lowest BCUT2D eigenvalue weighted by atomic mass is 10.1. The number of rotatable bonds is 4. The SMILES string of the molecule is CNC(=O)c1cccc(C2=CC=C(NC(=O)c3cscn3)N(C)N2)c1. The van der Waals surface area contributed by atoms with Gasteiger partial charge in [-0.1, -0.05) is 12.1 Å². The van der Waals surface area contributed by atoms with Crippen molar-refractivity contribution >= 4 is 28.8 Å². The van der Waals surface area contributed by atoms with Crippen LogP contribution in [0, 0.1) is 0 Å². The van der Waals surface area contributed by atoms with Gasteiger partial charge in [0.05, 0.1) is 11.2 Å². The van der Waals surface area contributed by atoms with Crippen molar-refractivity contribution in [2.24, 2.45) is 0 Å². The van der Waals surface area contributed by atoms with Crippen LogP contribution >= 0.6 is 11.3 Å². The van der Waals surface area contributed by atoms with Gasteiger partial charge in [0.25, 0.3) is 11.8 Å². The first kappa shape index (κ1) is 16.7. The Morgan fingerprint density at radius 1 is 1.24 bits per heavy atom. The van der Waals surface area contributed by atoms with Crippen LogP contribution in [0.15, 0.2) is 53.1 Å². The Kier molecular flexibility index (Phi) is 4.80. The van der Waals surface area contributed by atoms with Gasteiger partial charge in [-0.05, 0) is 24.3 Å². The fourth-order valence-corrected chi connectivity index (χ4v) is 2.85. The van der Waals surface area contributed by atoms with Gasteiger partial charge in [0, 0.05) is 30.6 Å². The van der Waals surface area contributed by atoms with Crippen molar-refractivity contribution in [2.45, 2.75) is 0 Å². The topological polar surface area (TPSA) is 86.4 Å². The summed E-state index contributed by atoms with van der Waals surface area (Å²) in [6, 6.07) is 7.29. The van der Waals surface area contributed by atoms with E-state index in [1.165, 1.54) is 11.3 Å². The van der Waals surface area contributed by atoms with Crippen molar-refractivity contribution in [2.75, 3.05) is 14.1 Å². The molecule has 2 heterocycles. The van der Waals surface area contributed by atoms with Gasteiger partial charge in [-0.2, -0.15) is 0 Å². The summed E-state index contributed by atoms with van der Waals surface area (Å²) >= 11 is 1.37. The van der Waals surface area contributed by atoms with Crippen LogP contribution in [0.4, 0.5) is 0 Å². The summed E-state index contributed by atoms with van der Waals surface area (Å²) in [6.07, 6.45) is 3.64. The second-order valence-corrected chi connectivity index (χ2v) is 6.01. The number of benzene rings is 1. The predicted octanol–water partition coefficient (Wildman–Crippen LogP) is 1.56. The molecular weight excluding hydrogens is 338 g/mol. The quantitative estimate of drug-likeness (QED) is 0.775. The second-order valence-electron chi connectivity index (χ2n) is 5.29. The minimum Gasteiger partial charge on any atom is -0.355 e. The highest BCUT2D eigenvalue weighted by molar-refractivity contribution is 7.07. The van der Waals surface area contributed by atoms with E-state index in [0.717, 1.165) is 11.3 Å². The van der Waals surface area contributed by atoms with Gasteiger partial charge in [-0.15, -0.1) is 11.3 Å². The molecule has 0 saturated heterocycles. The number of aromatic nitrogens is 1. The standard InChI is InChI=1S/C17H17N5O2S/c1-18-16(23)12-5-3-4-11(8-12)13-6-7-15(22(2)21-13)20-17(24)14-9-25-10-19-14/h3-10,21H,1-2H3,(H,18,23)(H,20,24). The molecule has 7 nitrogen and oxygen atoms in total. The van der Waals surface area contributed by atoms with Gasteiger partial charge in [-0.25, -0.2) is 4.98 Å². The minimum absolute atomic E-state index is 0.140. The Morgan fingerprint density at radius 2 is 2.08 bits per heavy atom. The Labute approximate surface area is 149 Å². The van der Waals surface area contributed by atoms with Crippen molar-refractivity contribution in [3.63, 3.8) is 0 Å². The summed E-state index contributed by atoms with van der Waals surface area (Å²) in [5.41, 5.74) is 7.45. The Hall–Kier alpha value is -3.13. The molecule has 0 spiro atoms. The normalized spacial score (nSPS) is 13.4. The number of nitrogens with zero attached hydrogens (tertiary/aromatic N) is 2. The first-order chi connectivity index (χ1) is 12.1. The van der Waals surface area contributed by atoms with Crippen LogP contribution in [-0.4, -0.2) is 35.9 Å². The molecule has 3 N–H and O–H groups in total. The predicted molar refractivity (Wildman–Crippen MR) is 96.4 cm³/mol. The van der Waals surface area contributed by atoms with Crippen LogP contribution in [0.5, 0.6) is 0 Å². The Bertz CT molecular complexity index is 858. The number of hydrazine groups is 1. The van der Waals surface area contributed by atoms with Gasteiger partial charge in [0.15, 0.2) is 0 Å². The molecule has 0 saturated carbocycles. The monoisotopic (exact) mass is 355 g/mol. The van der Waals surface area contributed by atoms with Crippen molar-refractivity contribution in [1.29, 1.82) is 0 Å². The molecule has 0 radical (unpaired) electrons. The van der Waals surface area contributed by atoms with Crippen LogP contribution in [0.3, 0.4) is 0 Å². The maximum atomic E-state index is 12.1. The highest BCUT2D eigenvalue weighted by Crippen LogP contribution is 2.18. The molecule has 0 atom stereocenters. The van der Waals surface area contributed by atoms with Crippen LogP contribution in [0.1, 0.15) is 26.4 Å². The summed E-state index contributed by atoms with van der Waals surface area (Å²) in [7, 11) is 3.39. The zero-order valence-corrected chi connectivity index (χ0v) is 14.6. The van der Waals surface area contributed by atoms with E-state index in [9.17, 15) is 9.59 Å². The molecule has 1 aliphatic rings. The second kappa shape index (κ2) is 7.18. The maximum absolute atomic E-state index is 12.1. The number of hydrogen-bond acceptors (Lipinski definition) is 6. The zero-order valence-electron chi connectivity index (χ0n) is 13.7. The van der Waals surface area contributed by atoms with E-state index in [1.54, 1.807) is 48.2 Å². The summed E-state index contributed by atoms with van der Waals surface area (Å²) < 4.78 is 0. The van der Waals surface area contributed by atoms with Crippen molar-refractivity contribution in [1.82, 2.24) is 26.1 Å². The highest BCUT2D eigenvalue weighted by Gasteiger charge is 2.17. The van der Waals surface area contributed by atoms with Gasteiger partial charge in [0.1, 0.15) is 11.5 Å². The lowest BCUT2D eigenvalue weighted by Crippen LogP contribution is -2.42. The average Bonchev–Trinajstić information content (AvgIpc) is 3.17. The number of carbonyl (C=O) groups is 2. The van der Waals surface area contributed by atoms with Crippen LogP contribution < -0.4 is 16.1 Å². The van der Waals surface area contributed by atoms with E-state index < -0.39 is 0 Å². The number of carbonyl (C=O) groups excluding carboxylic acids is 2. The zero-order chi connectivity index (χ0) is 17.8. The molecule has 1 aromatic carbocycles. The molecule has 1 aromatic heterocycles. The fourth-order valence-electron chi connectivity index (χ4n) is 2.32. The summed E-state index contributed by atoms with van der Waals surface area (Å²) in [5, 5.41) is 8.80. The lowest BCUT2D eigenvalue weighted by Gasteiger charge is -2.29. The first-order valence-electron chi connectivity index (χ1n) is 7.53. The maximum Gasteiger partial charge on any atom is 0.276 e. The molecule has 0 fully saturated rings. The number of allylic oxidation sites excluding steroid dienone is 2. The first-order valence-corrected chi connectivity index (χ1v) is 8.47. The Morgan fingerprint density at radius 3 is 2.76 bits per heavy atom. The summed E-state index contributed by atoms with van der Waals surface area (Å²) in [4.78, 5) is 27.9.